The van der Waals surface area contributed by atoms with Crippen molar-refractivity contribution in [3.8, 4) is 0 Å². The fraction of sp³-hybridized carbons (Fsp3) is 0.500. The van der Waals surface area contributed by atoms with Crippen molar-refractivity contribution in [2.45, 2.75) is 33.1 Å². The van der Waals surface area contributed by atoms with Gasteiger partial charge in [0.25, 0.3) is 0 Å². The predicted molar refractivity (Wildman–Crippen MR) is 83.7 cm³/mol. The van der Waals surface area contributed by atoms with E-state index in [9.17, 15) is 9.59 Å². The maximum atomic E-state index is 12.7. The lowest BCUT2D eigenvalue weighted by Gasteiger charge is -2.32. The highest BCUT2D eigenvalue weighted by atomic mass is 35.5. The average molecular weight is 326 g/mol. The Balaban J connectivity index is 1.86. The number of hydrogen-bond acceptors (Lipinski definition) is 2. The summed E-state index contributed by atoms with van der Waals surface area (Å²) in [6.07, 6.45) is 2.24. The Bertz CT molecular complexity index is 641. The normalized spacial score (nSPS) is 29.7. The number of halogens is 2. The minimum Gasteiger partial charge on any atom is -0.325 e. The Morgan fingerprint density at radius 2 is 2.00 bits per heavy atom. The van der Waals surface area contributed by atoms with Crippen LogP contribution >= 0.6 is 23.2 Å². The molecule has 0 radical (unpaired) electrons. The summed E-state index contributed by atoms with van der Waals surface area (Å²) in [5, 5.41) is 3.66. The minimum atomic E-state index is -0.861. The molecule has 2 unspecified atom stereocenters. The maximum absolute atomic E-state index is 12.7. The van der Waals surface area contributed by atoms with E-state index < -0.39 is 10.8 Å². The standard InChI is InChI=1S/C16H17Cl2NO2/c1-15(2)9-5-6-16(8-9,13(15)20)14(21)19-10-3-4-11(17)12(18)7-10/h3-4,7,9H,5-6,8H2,1-2H3,(H,19,21). The second-order valence-corrected chi connectivity index (χ2v) is 7.47. The third-order valence-corrected chi connectivity index (χ3v) is 5.91. The molecule has 2 bridgehead atoms. The SMILES string of the molecule is CC1(C)C(=O)C2(C(=O)Nc3ccc(Cl)c(Cl)c3)CCC1C2. The number of nitrogens with one attached hydrogen (secondary N) is 1. The lowest BCUT2D eigenvalue weighted by molar-refractivity contribution is -0.142. The van der Waals surface area contributed by atoms with Gasteiger partial charge in [0.05, 0.1) is 10.0 Å². The van der Waals surface area contributed by atoms with E-state index in [-0.39, 0.29) is 11.7 Å². The fourth-order valence-corrected chi connectivity index (χ4v) is 4.10. The second kappa shape index (κ2) is 4.72. The maximum Gasteiger partial charge on any atom is 0.238 e. The van der Waals surface area contributed by atoms with E-state index in [1.165, 1.54) is 0 Å². The molecule has 1 aromatic rings. The summed E-state index contributed by atoms with van der Waals surface area (Å²) >= 11 is 11.8. The average Bonchev–Trinajstić information content (AvgIpc) is 2.95. The molecule has 5 heteroatoms. The van der Waals surface area contributed by atoms with E-state index in [0.29, 0.717) is 34.5 Å². The lowest BCUT2D eigenvalue weighted by Crippen LogP contribution is -2.44. The molecule has 112 valence electrons. The molecule has 21 heavy (non-hydrogen) atoms. The highest BCUT2D eigenvalue weighted by molar-refractivity contribution is 6.42. The molecule has 0 spiro atoms. The number of carbonyl (C=O) groups excluding carboxylic acids is 2. The number of carbonyl (C=O) groups is 2. The molecular formula is C16H17Cl2NO2. The Morgan fingerprint density at radius 3 is 2.57 bits per heavy atom. The van der Waals surface area contributed by atoms with Crippen molar-refractivity contribution in [1.82, 2.24) is 0 Å². The molecule has 2 aliphatic rings. The molecule has 0 aromatic heterocycles. The van der Waals surface area contributed by atoms with Crippen molar-refractivity contribution in [3.05, 3.63) is 28.2 Å². The molecule has 1 aromatic carbocycles. The summed E-state index contributed by atoms with van der Waals surface area (Å²) < 4.78 is 0. The fourth-order valence-electron chi connectivity index (χ4n) is 3.80. The molecule has 1 amide bonds. The van der Waals surface area contributed by atoms with Gasteiger partial charge in [-0.05, 0) is 43.4 Å². The largest absolute Gasteiger partial charge is 0.325 e. The van der Waals surface area contributed by atoms with E-state index in [1.807, 2.05) is 13.8 Å². The van der Waals surface area contributed by atoms with Crippen molar-refractivity contribution in [2.75, 3.05) is 5.32 Å². The third-order valence-electron chi connectivity index (χ3n) is 5.17. The number of anilines is 1. The van der Waals surface area contributed by atoms with Crippen molar-refractivity contribution < 1.29 is 9.59 Å². The molecule has 2 atom stereocenters. The number of ketones is 1. The first-order valence-corrected chi connectivity index (χ1v) is 7.84. The molecule has 0 heterocycles. The summed E-state index contributed by atoms with van der Waals surface area (Å²) in [5.41, 5.74) is -0.683. The first-order chi connectivity index (χ1) is 9.77. The zero-order valence-corrected chi connectivity index (χ0v) is 13.5. The Hall–Kier alpha value is -1.06. The molecular weight excluding hydrogens is 309 g/mol. The van der Waals surface area contributed by atoms with Crippen LogP contribution in [0.4, 0.5) is 5.69 Å². The van der Waals surface area contributed by atoms with Crippen LogP contribution in [0.15, 0.2) is 18.2 Å². The number of rotatable bonds is 2. The molecule has 1 N–H and O–H groups in total. The number of hydrogen-bond donors (Lipinski definition) is 1. The van der Waals surface area contributed by atoms with Crippen LogP contribution < -0.4 is 5.32 Å². The van der Waals surface area contributed by atoms with Crippen LogP contribution in [0.5, 0.6) is 0 Å². The molecule has 2 aliphatic carbocycles. The van der Waals surface area contributed by atoms with Crippen LogP contribution in [0.25, 0.3) is 0 Å². The summed E-state index contributed by atoms with van der Waals surface area (Å²) in [6, 6.07) is 4.93. The quantitative estimate of drug-likeness (QED) is 0.823. The van der Waals surface area contributed by atoms with Crippen LogP contribution in [0.2, 0.25) is 10.0 Å². The zero-order valence-electron chi connectivity index (χ0n) is 12.0. The van der Waals surface area contributed by atoms with Gasteiger partial charge in [-0.15, -0.1) is 0 Å². The second-order valence-electron chi connectivity index (χ2n) is 6.66. The van der Waals surface area contributed by atoms with E-state index >= 15 is 0 Å². The highest BCUT2D eigenvalue weighted by Gasteiger charge is 2.64. The summed E-state index contributed by atoms with van der Waals surface area (Å²) in [4.78, 5) is 25.3. The first-order valence-electron chi connectivity index (χ1n) is 7.09. The lowest BCUT2D eigenvalue weighted by atomic mass is 9.70. The van der Waals surface area contributed by atoms with Gasteiger partial charge in [-0.1, -0.05) is 37.0 Å². The van der Waals surface area contributed by atoms with Crippen molar-refractivity contribution in [3.63, 3.8) is 0 Å². The van der Waals surface area contributed by atoms with Gasteiger partial charge < -0.3 is 5.32 Å². The van der Waals surface area contributed by atoms with Crippen LogP contribution in [0, 0.1) is 16.7 Å². The van der Waals surface area contributed by atoms with Crippen LogP contribution in [0.1, 0.15) is 33.1 Å². The van der Waals surface area contributed by atoms with Crippen LogP contribution in [-0.2, 0) is 9.59 Å². The van der Waals surface area contributed by atoms with Crippen molar-refractivity contribution in [1.29, 1.82) is 0 Å². The highest BCUT2D eigenvalue weighted by Crippen LogP contribution is 2.60. The van der Waals surface area contributed by atoms with Gasteiger partial charge in [0.15, 0.2) is 5.78 Å². The Kier molecular flexibility index (Phi) is 3.34. The van der Waals surface area contributed by atoms with Gasteiger partial charge in [0, 0.05) is 11.1 Å². The zero-order chi connectivity index (χ0) is 15.4. The third kappa shape index (κ3) is 2.09. The molecule has 2 saturated carbocycles. The summed E-state index contributed by atoms with van der Waals surface area (Å²) in [6.45, 7) is 3.90. The molecule has 2 fully saturated rings. The van der Waals surface area contributed by atoms with Crippen LogP contribution in [-0.4, -0.2) is 11.7 Å². The van der Waals surface area contributed by atoms with Crippen molar-refractivity contribution >= 4 is 40.6 Å². The van der Waals surface area contributed by atoms with Crippen molar-refractivity contribution in [2.24, 2.45) is 16.7 Å². The van der Waals surface area contributed by atoms with Gasteiger partial charge in [-0.3, -0.25) is 9.59 Å². The molecule has 0 aliphatic heterocycles. The molecule has 3 rings (SSSR count). The van der Waals surface area contributed by atoms with Gasteiger partial charge in [0.1, 0.15) is 5.41 Å². The Morgan fingerprint density at radius 1 is 1.29 bits per heavy atom. The minimum absolute atomic E-state index is 0.0730. The summed E-state index contributed by atoms with van der Waals surface area (Å²) in [5.74, 6) is 0.173. The number of Topliss-reactive ketones (excluding diaryl/α,β-unsaturated/α-hetero) is 1. The molecule has 3 nitrogen and oxygen atoms in total. The number of benzene rings is 1. The summed E-state index contributed by atoms with van der Waals surface area (Å²) in [7, 11) is 0. The van der Waals surface area contributed by atoms with Gasteiger partial charge >= 0.3 is 0 Å². The van der Waals surface area contributed by atoms with Gasteiger partial charge in [0.2, 0.25) is 5.91 Å². The predicted octanol–water partition coefficient (Wildman–Crippen LogP) is 4.33. The first kappa shape index (κ1) is 14.9. The topological polar surface area (TPSA) is 46.2 Å². The Labute approximate surface area is 134 Å². The molecule has 0 saturated heterocycles. The van der Waals surface area contributed by atoms with E-state index in [2.05, 4.69) is 5.32 Å². The smallest absolute Gasteiger partial charge is 0.238 e. The van der Waals surface area contributed by atoms with Gasteiger partial charge in [-0.25, -0.2) is 0 Å². The van der Waals surface area contributed by atoms with E-state index in [4.69, 9.17) is 23.2 Å². The number of amides is 1. The van der Waals surface area contributed by atoms with E-state index in [0.717, 1.165) is 6.42 Å². The van der Waals surface area contributed by atoms with E-state index in [1.54, 1.807) is 18.2 Å². The van der Waals surface area contributed by atoms with Gasteiger partial charge in [-0.2, -0.15) is 0 Å². The van der Waals surface area contributed by atoms with Crippen LogP contribution in [0.3, 0.4) is 0 Å². The number of fused-ring (bicyclic) bond motifs is 2. The monoisotopic (exact) mass is 325 g/mol.